The van der Waals surface area contributed by atoms with Gasteiger partial charge in [-0.1, -0.05) is 11.3 Å². The van der Waals surface area contributed by atoms with Crippen molar-refractivity contribution >= 4 is 42.6 Å². The van der Waals surface area contributed by atoms with Gasteiger partial charge in [0.15, 0.2) is 10.9 Å². The number of anilines is 1. The number of benzene rings is 2. The van der Waals surface area contributed by atoms with Crippen LogP contribution in [0.3, 0.4) is 0 Å². The number of nitrogens with zero attached hydrogens (tertiary/aromatic N) is 3. The molecule has 2 saturated heterocycles. The predicted molar refractivity (Wildman–Crippen MR) is 135 cm³/mol. The largest absolute Gasteiger partial charge is 0.376 e. The van der Waals surface area contributed by atoms with Crippen LogP contribution >= 0.6 is 11.3 Å². The Bertz CT molecular complexity index is 1400. The lowest BCUT2D eigenvalue weighted by Gasteiger charge is -2.34. The predicted octanol–water partition coefficient (Wildman–Crippen LogP) is 4.20. The quantitative estimate of drug-likeness (QED) is 0.456. The van der Waals surface area contributed by atoms with Crippen LogP contribution in [0, 0.1) is 11.6 Å². The van der Waals surface area contributed by atoms with Crippen molar-refractivity contribution in [2.24, 2.45) is 0 Å². The molecular formula is C25H27F2N3O5S2. The highest BCUT2D eigenvalue weighted by atomic mass is 32.2. The molecule has 3 aromatic rings. The van der Waals surface area contributed by atoms with Crippen LogP contribution in [0.4, 0.5) is 13.9 Å². The van der Waals surface area contributed by atoms with Gasteiger partial charge in [0.2, 0.25) is 10.0 Å². The fourth-order valence-corrected chi connectivity index (χ4v) is 7.31. The lowest BCUT2D eigenvalue weighted by atomic mass is 10.2. The van der Waals surface area contributed by atoms with Crippen LogP contribution in [0.2, 0.25) is 0 Å². The van der Waals surface area contributed by atoms with E-state index in [1.165, 1.54) is 39.5 Å². The van der Waals surface area contributed by atoms with E-state index in [0.29, 0.717) is 6.61 Å². The highest BCUT2D eigenvalue weighted by molar-refractivity contribution is 7.89. The van der Waals surface area contributed by atoms with E-state index in [2.05, 4.69) is 4.98 Å². The van der Waals surface area contributed by atoms with Crippen molar-refractivity contribution in [1.29, 1.82) is 0 Å². The number of carbonyl (C=O) groups is 1. The number of hydrogen-bond acceptors (Lipinski definition) is 7. The van der Waals surface area contributed by atoms with Gasteiger partial charge in [-0.25, -0.2) is 22.2 Å². The van der Waals surface area contributed by atoms with E-state index in [1.54, 1.807) is 0 Å². The summed E-state index contributed by atoms with van der Waals surface area (Å²) in [6.45, 7) is 4.91. The van der Waals surface area contributed by atoms with Gasteiger partial charge in [0, 0.05) is 31.3 Å². The van der Waals surface area contributed by atoms with Gasteiger partial charge in [-0.15, -0.1) is 0 Å². The van der Waals surface area contributed by atoms with Gasteiger partial charge in [0.1, 0.15) is 11.3 Å². The fraction of sp³-hybridized carbons (Fsp3) is 0.440. The summed E-state index contributed by atoms with van der Waals surface area (Å²) in [5.74, 6) is -1.96. The van der Waals surface area contributed by atoms with E-state index < -0.39 is 27.6 Å². The first kappa shape index (κ1) is 26.1. The molecule has 1 aromatic heterocycles. The van der Waals surface area contributed by atoms with Crippen molar-refractivity contribution in [2.45, 2.75) is 49.9 Å². The third kappa shape index (κ3) is 5.39. The van der Waals surface area contributed by atoms with Crippen LogP contribution in [-0.2, 0) is 19.5 Å². The second-order valence-electron chi connectivity index (χ2n) is 9.39. The van der Waals surface area contributed by atoms with Crippen molar-refractivity contribution < 1.29 is 31.5 Å². The summed E-state index contributed by atoms with van der Waals surface area (Å²) < 4.78 is 67.5. The minimum atomic E-state index is -3.77. The first-order chi connectivity index (χ1) is 17.6. The normalized spacial score (nSPS) is 23.0. The molecule has 3 atom stereocenters. The van der Waals surface area contributed by atoms with E-state index in [-0.39, 0.29) is 63.8 Å². The maximum atomic E-state index is 14.3. The molecule has 0 saturated carbocycles. The van der Waals surface area contributed by atoms with E-state index in [1.807, 2.05) is 13.8 Å². The maximum Gasteiger partial charge on any atom is 0.260 e. The molecule has 12 heteroatoms. The second kappa shape index (κ2) is 10.3. The van der Waals surface area contributed by atoms with Gasteiger partial charge in [-0.05, 0) is 57.0 Å². The average Bonchev–Trinajstić information content (AvgIpc) is 3.51. The molecule has 5 rings (SSSR count). The van der Waals surface area contributed by atoms with Crippen LogP contribution in [-0.4, -0.2) is 68.2 Å². The average molecular weight is 552 g/mol. The standard InChI is InChI=1S/C25H27F2N3O5S2/c1-15-12-29(13-16(2)35-15)37(32,33)20-7-5-17(6-8-20)24(31)30(14-19-4-3-9-34-19)25-28-23-21(27)10-18(26)11-22(23)36-25/h5-8,10-11,15-16,19H,3-4,9,12-14H2,1-2H3. The van der Waals surface area contributed by atoms with Gasteiger partial charge < -0.3 is 9.47 Å². The number of amides is 1. The SMILES string of the molecule is CC1CN(S(=O)(=O)c2ccc(C(=O)N(CC3CCCO3)c3nc4c(F)cc(F)cc4s3)cc2)CC(C)O1. The summed E-state index contributed by atoms with van der Waals surface area (Å²) in [6, 6.07) is 7.67. The van der Waals surface area contributed by atoms with E-state index in [9.17, 15) is 22.0 Å². The van der Waals surface area contributed by atoms with E-state index in [0.717, 1.165) is 30.2 Å². The van der Waals surface area contributed by atoms with Gasteiger partial charge in [0.05, 0.1) is 34.5 Å². The number of halogens is 2. The van der Waals surface area contributed by atoms with Crippen molar-refractivity contribution in [3.05, 3.63) is 53.6 Å². The third-order valence-corrected chi connectivity index (χ3v) is 9.28. The highest BCUT2D eigenvalue weighted by Gasteiger charge is 2.33. The number of rotatable bonds is 6. The number of ether oxygens (including phenoxy) is 2. The molecule has 2 fully saturated rings. The zero-order valence-electron chi connectivity index (χ0n) is 20.4. The Morgan fingerprint density at radius 1 is 1.16 bits per heavy atom. The van der Waals surface area contributed by atoms with Crippen LogP contribution < -0.4 is 4.90 Å². The summed E-state index contributed by atoms with van der Waals surface area (Å²) >= 11 is 1.01. The lowest BCUT2D eigenvalue weighted by Crippen LogP contribution is -2.48. The number of fused-ring (bicyclic) bond motifs is 1. The molecule has 0 radical (unpaired) electrons. The maximum absolute atomic E-state index is 14.3. The first-order valence-electron chi connectivity index (χ1n) is 12.1. The Balaban J connectivity index is 1.44. The number of aromatic nitrogens is 1. The molecule has 8 nitrogen and oxygen atoms in total. The Morgan fingerprint density at radius 3 is 2.51 bits per heavy atom. The molecule has 37 heavy (non-hydrogen) atoms. The number of sulfonamides is 1. The summed E-state index contributed by atoms with van der Waals surface area (Å²) in [4.78, 5) is 19.4. The van der Waals surface area contributed by atoms with Crippen molar-refractivity contribution in [1.82, 2.24) is 9.29 Å². The smallest absolute Gasteiger partial charge is 0.260 e. The number of hydrogen-bond donors (Lipinski definition) is 0. The van der Waals surface area contributed by atoms with Crippen LogP contribution in [0.15, 0.2) is 41.3 Å². The molecular weight excluding hydrogens is 524 g/mol. The number of morpholine rings is 1. The minimum Gasteiger partial charge on any atom is -0.376 e. The first-order valence-corrected chi connectivity index (χ1v) is 14.3. The van der Waals surface area contributed by atoms with Gasteiger partial charge in [-0.2, -0.15) is 4.31 Å². The van der Waals surface area contributed by atoms with Crippen molar-refractivity contribution in [3.63, 3.8) is 0 Å². The van der Waals surface area contributed by atoms with Gasteiger partial charge in [0.25, 0.3) is 5.91 Å². The Labute approximate surface area is 217 Å². The van der Waals surface area contributed by atoms with E-state index in [4.69, 9.17) is 9.47 Å². The number of carbonyl (C=O) groups excluding carboxylic acids is 1. The van der Waals surface area contributed by atoms with Crippen LogP contribution in [0.1, 0.15) is 37.0 Å². The molecule has 2 aromatic carbocycles. The topological polar surface area (TPSA) is 89.0 Å². The van der Waals surface area contributed by atoms with Crippen molar-refractivity contribution in [2.75, 3.05) is 31.1 Å². The Kier molecular flexibility index (Phi) is 7.29. The molecule has 198 valence electrons. The molecule has 2 aliphatic heterocycles. The highest BCUT2D eigenvalue weighted by Crippen LogP contribution is 2.33. The van der Waals surface area contributed by atoms with Gasteiger partial charge in [-0.3, -0.25) is 9.69 Å². The van der Waals surface area contributed by atoms with Gasteiger partial charge >= 0.3 is 0 Å². The number of thiazole rings is 1. The Morgan fingerprint density at radius 2 is 1.86 bits per heavy atom. The fourth-order valence-electron chi connectivity index (χ4n) is 4.70. The summed E-state index contributed by atoms with van der Waals surface area (Å²) in [7, 11) is -3.77. The molecule has 0 aliphatic carbocycles. The molecule has 0 N–H and O–H groups in total. The Hall–Kier alpha value is -2.51. The summed E-state index contributed by atoms with van der Waals surface area (Å²) in [5, 5.41) is 0.216. The zero-order valence-corrected chi connectivity index (χ0v) is 22.0. The minimum absolute atomic E-state index is 0.0121. The second-order valence-corrected chi connectivity index (χ2v) is 12.3. The van der Waals surface area contributed by atoms with Crippen LogP contribution in [0.25, 0.3) is 10.2 Å². The lowest BCUT2D eigenvalue weighted by molar-refractivity contribution is -0.0440. The molecule has 2 aliphatic rings. The zero-order chi connectivity index (χ0) is 26.3. The molecule has 0 spiro atoms. The van der Waals surface area contributed by atoms with E-state index >= 15 is 0 Å². The summed E-state index contributed by atoms with van der Waals surface area (Å²) in [5.41, 5.74) is 0.230. The molecule has 0 bridgehead atoms. The third-order valence-electron chi connectivity index (χ3n) is 6.41. The molecule has 1 amide bonds. The monoisotopic (exact) mass is 551 g/mol. The molecule has 3 unspecified atom stereocenters. The van der Waals surface area contributed by atoms with Crippen LogP contribution in [0.5, 0.6) is 0 Å². The summed E-state index contributed by atoms with van der Waals surface area (Å²) in [6.07, 6.45) is 0.946. The van der Waals surface area contributed by atoms with Crippen molar-refractivity contribution in [3.8, 4) is 0 Å². The molecule has 3 heterocycles.